The molecule has 0 aromatic heterocycles. The van der Waals surface area contributed by atoms with E-state index in [-0.39, 0.29) is 6.61 Å². The molecule has 1 aliphatic rings. The van der Waals surface area contributed by atoms with Crippen LogP contribution in [0, 0.1) is 0 Å². The second kappa shape index (κ2) is 12.9. The molecule has 0 aromatic carbocycles. The molecule has 0 amide bonds. The standard InChI is InChI=1S/C18H34N2O/c1-2-3-4-5-6-7-8-9-10-11-12-13-18-19-14-15-20(18)16-17-21/h3-4,21H,2,5-17H2,1H3/b4-3+. The van der Waals surface area contributed by atoms with Gasteiger partial charge in [0.05, 0.1) is 19.0 Å². The Labute approximate surface area is 131 Å². The SMILES string of the molecule is CC/C=C/CCCCCCCCCC1=NCCN1CCO. The molecular weight excluding hydrogens is 260 g/mol. The van der Waals surface area contributed by atoms with Gasteiger partial charge in [0.2, 0.25) is 0 Å². The second-order valence-electron chi connectivity index (χ2n) is 5.90. The van der Waals surface area contributed by atoms with Crippen molar-refractivity contribution >= 4 is 5.84 Å². The molecule has 3 heteroatoms. The van der Waals surface area contributed by atoms with Crippen LogP contribution in [-0.4, -0.2) is 42.1 Å². The van der Waals surface area contributed by atoms with E-state index in [1.807, 2.05) is 0 Å². The van der Waals surface area contributed by atoms with Crippen molar-refractivity contribution in [2.75, 3.05) is 26.2 Å². The molecule has 1 heterocycles. The molecule has 0 spiro atoms. The number of allylic oxidation sites excluding steroid dienone is 2. The van der Waals surface area contributed by atoms with Crippen LogP contribution in [0.3, 0.4) is 0 Å². The number of hydrogen-bond donors (Lipinski definition) is 1. The number of β-amino-alcohol motifs (C(OH)–C–C–N with tert-alkyl or cyclic N) is 1. The summed E-state index contributed by atoms with van der Waals surface area (Å²) in [5, 5.41) is 9.00. The maximum Gasteiger partial charge on any atom is 0.0991 e. The van der Waals surface area contributed by atoms with E-state index in [4.69, 9.17) is 5.11 Å². The number of rotatable bonds is 13. The van der Waals surface area contributed by atoms with Crippen LogP contribution in [0.2, 0.25) is 0 Å². The van der Waals surface area contributed by atoms with Gasteiger partial charge in [-0.2, -0.15) is 0 Å². The fraction of sp³-hybridized carbons (Fsp3) is 0.833. The lowest BCUT2D eigenvalue weighted by Gasteiger charge is -2.18. The van der Waals surface area contributed by atoms with Crippen molar-refractivity contribution in [2.24, 2.45) is 4.99 Å². The van der Waals surface area contributed by atoms with E-state index in [2.05, 4.69) is 29.0 Å². The van der Waals surface area contributed by atoms with E-state index in [9.17, 15) is 0 Å². The average molecular weight is 294 g/mol. The average Bonchev–Trinajstić information content (AvgIpc) is 2.92. The van der Waals surface area contributed by atoms with Crippen molar-refractivity contribution in [1.29, 1.82) is 0 Å². The smallest absolute Gasteiger partial charge is 0.0991 e. The van der Waals surface area contributed by atoms with Gasteiger partial charge in [-0.3, -0.25) is 4.99 Å². The van der Waals surface area contributed by atoms with Gasteiger partial charge in [-0.25, -0.2) is 0 Å². The Balaban J connectivity index is 1.87. The summed E-state index contributed by atoms with van der Waals surface area (Å²) < 4.78 is 0. The summed E-state index contributed by atoms with van der Waals surface area (Å²) in [7, 11) is 0. The predicted octanol–water partition coefficient (Wildman–Crippen LogP) is 4.17. The largest absolute Gasteiger partial charge is 0.395 e. The van der Waals surface area contributed by atoms with Gasteiger partial charge in [-0.15, -0.1) is 0 Å². The monoisotopic (exact) mass is 294 g/mol. The molecule has 0 fully saturated rings. The second-order valence-corrected chi connectivity index (χ2v) is 5.90. The van der Waals surface area contributed by atoms with Crippen LogP contribution in [0.15, 0.2) is 17.1 Å². The Morgan fingerprint density at radius 2 is 1.76 bits per heavy atom. The first-order valence-electron chi connectivity index (χ1n) is 8.92. The maximum atomic E-state index is 9.00. The predicted molar refractivity (Wildman–Crippen MR) is 91.9 cm³/mol. The zero-order chi connectivity index (χ0) is 15.2. The van der Waals surface area contributed by atoms with Crippen molar-refractivity contribution in [1.82, 2.24) is 4.90 Å². The summed E-state index contributed by atoms with van der Waals surface area (Å²) in [6, 6.07) is 0. The summed E-state index contributed by atoms with van der Waals surface area (Å²) in [6.07, 6.45) is 17.5. The Morgan fingerprint density at radius 1 is 1.05 bits per heavy atom. The first-order valence-corrected chi connectivity index (χ1v) is 8.92. The molecule has 0 bridgehead atoms. The molecule has 3 nitrogen and oxygen atoms in total. The lowest BCUT2D eigenvalue weighted by atomic mass is 10.1. The molecule has 0 radical (unpaired) electrons. The molecule has 0 aromatic rings. The van der Waals surface area contributed by atoms with Gasteiger partial charge in [0.15, 0.2) is 0 Å². The van der Waals surface area contributed by atoms with E-state index in [0.29, 0.717) is 0 Å². The molecule has 1 aliphatic heterocycles. The fourth-order valence-electron chi connectivity index (χ4n) is 2.84. The van der Waals surface area contributed by atoms with Crippen LogP contribution in [-0.2, 0) is 0 Å². The number of aliphatic hydroxyl groups excluding tert-OH is 1. The van der Waals surface area contributed by atoms with Crippen LogP contribution >= 0.6 is 0 Å². The highest BCUT2D eigenvalue weighted by Gasteiger charge is 2.14. The van der Waals surface area contributed by atoms with Gasteiger partial charge in [-0.1, -0.05) is 51.2 Å². The van der Waals surface area contributed by atoms with E-state index >= 15 is 0 Å². The zero-order valence-electron chi connectivity index (χ0n) is 13.9. The summed E-state index contributed by atoms with van der Waals surface area (Å²) in [5.74, 6) is 1.23. The van der Waals surface area contributed by atoms with Gasteiger partial charge in [0.1, 0.15) is 0 Å². The molecule has 0 saturated heterocycles. The summed E-state index contributed by atoms with van der Waals surface area (Å²) >= 11 is 0. The van der Waals surface area contributed by atoms with Gasteiger partial charge in [0.25, 0.3) is 0 Å². The first-order chi connectivity index (χ1) is 10.4. The van der Waals surface area contributed by atoms with E-state index in [0.717, 1.165) is 26.1 Å². The minimum atomic E-state index is 0.243. The Kier molecular flexibility index (Phi) is 11.2. The molecular formula is C18H34N2O. The summed E-state index contributed by atoms with van der Waals surface area (Å²) in [6.45, 7) is 5.11. The molecule has 21 heavy (non-hydrogen) atoms. The number of aliphatic hydroxyl groups is 1. The van der Waals surface area contributed by atoms with Gasteiger partial charge < -0.3 is 10.0 Å². The Morgan fingerprint density at radius 3 is 2.48 bits per heavy atom. The minimum absolute atomic E-state index is 0.243. The lowest BCUT2D eigenvalue weighted by molar-refractivity contribution is 0.255. The first kappa shape index (κ1) is 18.2. The number of unbranched alkanes of at least 4 members (excludes halogenated alkanes) is 7. The number of nitrogens with zero attached hydrogens (tertiary/aromatic N) is 2. The quantitative estimate of drug-likeness (QED) is 0.409. The van der Waals surface area contributed by atoms with Crippen LogP contribution in [0.5, 0.6) is 0 Å². The molecule has 122 valence electrons. The van der Waals surface area contributed by atoms with Crippen molar-refractivity contribution in [2.45, 2.75) is 71.1 Å². The van der Waals surface area contributed by atoms with Crippen molar-refractivity contribution in [3.05, 3.63) is 12.2 Å². The van der Waals surface area contributed by atoms with Gasteiger partial charge in [0, 0.05) is 19.5 Å². The van der Waals surface area contributed by atoms with Crippen LogP contribution in [0.1, 0.15) is 71.1 Å². The minimum Gasteiger partial charge on any atom is -0.395 e. The van der Waals surface area contributed by atoms with Gasteiger partial charge >= 0.3 is 0 Å². The van der Waals surface area contributed by atoms with Crippen molar-refractivity contribution in [3.63, 3.8) is 0 Å². The third kappa shape index (κ3) is 8.92. The molecule has 1 rings (SSSR count). The highest BCUT2D eigenvalue weighted by atomic mass is 16.3. The summed E-state index contributed by atoms with van der Waals surface area (Å²) in [5.41, 5.74) is 0. The molecule has 1 N–H and O–H groups in total. The fourth-order valence-corrected chi connectivity index (χ4v) is 2.84. The molecule has 0 saturated carbocycles. The lowest BCUT2D eigenvalue weighted by Crippen LogP contribution is -2.30. The molecule has 0 unspecified atom stereocenters. The van der Waals surface area contributed by atoms with Crippen LogP contribution in [0.25, 0.3) is 0 Å². The Bertz CT molecular complexity index is 300. The van der Waals surface area contributed by atoms with Gasteiger partial charge in [-0.05, 0) is 25.7 Å². The molecule has 0 aliphatic carbocycles. The third-order valence-electron chi connectivity index (χ3n) is 4.07. The highest BCUT2D eigenvalue weighted by molar-refractivity contribution is 5.83. The Hall–Kier alpha value is -0.830. The van der Waals surface area contributed by atoms with Crippen LogP contribution in [0.4, 0.5) is 0 Å². The number of hydrogen-bond acceptors (Lipinski definition) is 3. The zero-order valence-corrected chi connectivity index (χ0v) is 13.9. The molecule has 0 atom stereocenters. The summed E-state index contributed by atoms with van der Waals surface area (Å²) in [4.78, 5) is 6.78. The highest BCUT2D eigenvalue weighted by Crippen LogP contribution is 2.13. The van der Waals surface area contributed by atoms with Crippen molar-refractivity contribution in [3.8, 4) is 0 Å². The topological polar surface area (TPSA) is 35.8 Å². The van der Waals surface area contributed by atoms with E-state index in [1.165, 1.54) is 63.6 Å². The van der Waals surface area contributed by atoms with Crippen LogP contribution < -0.4 is 0 Å². The third-order valence-corrected chi connectivity index (χ3v) is 4.07. The number of amidine groups is 1. The van der Waals surface area contributed by atoms with E-state index in [1.54, 1.807) is 0 Å². The normalized spacial score (nSPS) is 15.1. The maximum absolute atomic E-state index is 9.00. The number of aliphatic imine (C=N–C) groups is 1. The van der Waals surface area contributed by atoms with E-state index < -0.39 is 0 Å². The van der Waals surface area contributed by atoms with Crippen molar-refractivity contribution < 1.29 is 5.11 Å².